The highest BCUT2D eigenvalue weighted by molar-refractivity contribution is 7.99. The molecule has 0 unspecified atom stereocenters. The Morgan fingerprint density at radius 3 is 2.68 bits per heavy atom. The molecule has 25 heavy (non-hydrogen) atoms. The van der Waals surface area contributed by atoms with Gasteiger partial charge in [0.2, 0.25) is 0 Å². The van der Waals surface area contributed by atoms with Gasteiger partial charge < -0.3 is 15.5 Å². The van der Waals surface area contributed by atoms with Crippen molar-refractivity contribution in [3.63, 3.8) is 0 Å². The molecule has 0 spiro atoms. The minimum Gasteiger partial charge on any atom is -0.363 e. The van der Waals surface area contributed by atoms with Crippen molar-refractivity contribution in [2.45, 2.75) is 18.4 Å². The Bertz CT molecular complexity index is 658. The number of thioether (sulfide) groups is 1. The molecule has 0 aliphatic carbocycles. The first kappa shape index (κ1) is 19.1. The summed E-state index contributed by atoms with van der Waals surface area (Å²) in [6.45, 7) is 4.42. The molecule has 2 rings (SSSR count). The van der Waals surface area contributed by atoms with E-state index >= 15 is 0 Å². The topological polar surface area (TPSA) is 52.6 Å². The smallest absolute Gasteiger partial charge is 0.191 e. The van der Waals surface area contributed by atoms with Gasteiger partial charge in [-0.05, 0) is 36.8 Å². The molecular weight excluding hydrogens is 330 g/mol. The maximum absolute atomic E-state index is 4.67. The highest BCUT2D eigenvalue weighted by Gasteiger charge is 2.01. The molecule has 2 N–H and O–H groups in total. The molecule has 0 bridgehead atoms. The number of nitrogens with one attached hydrogen (secondary N) is 2. The van der Waals surface area contributed by atoms with Gasteiger partial charge in [0.25, 0.3) is 0 Å². The molecule has 0 atom stereocenters. The summed E-state index contributed by atoms with van der Waals surface area (Å²) in [5.74, 6) is 2.79. The monoisotopic (exact) mass is 357 g/mol. The van der Waals surface area contributed by atoms with E-state index in [4.69, 9.17) is 0 Å². The first-order chi connectivity index (χ1) is 12.2. The number of hydrogen-bond acceptors (Lipinski definition) is 4. The molecule has 5 nitrogen and oxygen atoms in total. The second kappa shape index (κ2) is 10.6. The molecule has 0 radical (unpaired) electrons. The summed E-state index contributed by atoms with van der Waals surface area (Å²) in [5.41, 5.74) is 1.15. The molecule has 0 aliphatic heterocycles. The van der Waals surface area contributed by atoms with Crippen LogP contribution in [0.15, 0.2) is 58.5 Å². The van der Waals surface area contributed by atoms with Gasteiger partial charge in [-0.1, -0.05) is 18.2 Å². The maximum atomic E-state index is 4.67. The van der Waals surface area contributed by atoms with Crippen molar-refractivity contribution in [3.05, 3.63) is 54.2 Å². The number of nitrogens with zero attached hydrogens (tertiary/aromatic N) is 3. The summed E-state index contributed by atoms with van der Waals surface area (Å²) < 4.78 is 0. The zero-order valence-corrected chi connectivity index (χ0v) is 16.0. The molecular formula is C19H27N5S. The van der Waals surface area contributed by atoms with Crippen LogP contribution >= 0.6 is 11.8 Å². The molecule has 0 fully saturated rings. The minimum absolute atomic E-state index is 0.629. The van der Waals surface area contributed by atoms with E-state index in [-0.39, 0.29) is 0 Å². The molecule has 1 heterocycles. The molecule has 6 heteroatoms. The van der Waals surface area contributed by atoms with Crippen LogP contribution in [0.5, 0.6) is 0 Å². The van der Waals surface area contributed by atoms with Gasteiger partial charge in [-0.25, -0.2) is 9.98 Å². The predicted molar refractivity (Wildman–Crippen MR) is 109 cm³/mol. The fraction of sp³-hybridized carbons (Fsp3) is 0.368. The van der Waals surface area contributed by atoms with Gasteiger partial charge in [0.05, 0.1) is 6.54 Å². The lowest BCUT2D eigenvalue weighted by Gasteiger charge is -2.13. The summed E-state index contributed by atoms with van der Waals surface area (Å²) in [6, 6.07) is 14.5. The van der Waals surface area contributed by atoms with Crippen molar-refractivity contribution in [1.29, 1.82) is 0 Å². The lowest BCUT2D eigenvalue weighted by Crippen LogP contribution is -2.38. The molecule has 0 saturated heterocycles. The number of hydrogen-bond donors (Lipinski definition) is 2. The van der Waals surface area contributed by atoms with E-state index in [1.54, 1.807) is 0 Å². The average molecular weight is 358 g/mol. The standard InChI is InChI=1S/C19H27N5S/c1-4-20-19(22-12-13-25-17-8-6-5-7-9-17)23-15-16-10-11-21-18(14-16)24(2)3/h5-11,14H,4,12-13,15H2,1-3H3,(H2,20,22,23). The second-order valence-corrected chi connectivity index (χ2v) is 6.87. The Balaban J connectivity index is 1.84. The van der Waals surface area contributed by atoms with Crippen LogP contribution in [0.1, 0.15) is 12.5 Å². The van der Waals surface area contributed by atoms with Crippen LogP contribution in [0, 0.1) is 0 Å². The van der Waals surface area contributed by atoms with E-state index in [1.165, 1.54) is 4.90 Å². The van der Waals surface area contributed by atoms with Crippen molar-refractivity contribution < 1.29 is 0 Å². The average Bonchev–Trinajstić information content (AvgIpc) is 2.64. The van der Waals surface area contributed by atoms with Gasteiger partial charge >= 0.3 is 0 Å². The van der Waals surface area contributed by atoms with Crippen LogP contribution in [0.25, 0.3) is 0 Å². The van der Waals surface area contributed by atoms with Crippen LogP contribution in [0.4, 0.5) is 5.82 Å². The minimum atomic E-state index is 0.629. The summed E-state index contributed by atoms with van der Waals surface area (Å²) >= 11 is 1.84. The molecule has 0 amide bonds. The van der Waals surface area contributed by atoms with E-state index in [2.05, 4.69) is 57.9 Å². The fourth-order valence-electron chi connectivity index (χ4n) is 2.17. The summed E-state index contributed by atoms with van der Waals surface area (Å²) in [7, 11) is 3.98. The molecule has 1 aromatic carbocycles. The second-order valence-electron chi connectivity index (χ2n) is 5.70. The van der Waals surface area contributed by atoms with Crippen molar-refractivity contribution in [1.82, 2.24) is 15.6 Å². The highest BCUT2D eigenvalue weighted by atomic mass is 32.2. The Morgan fingerprint density at radius 2 is 1.96 bits per heavy atom. The molecule has 1 aromatic heterocycles. The first-order valence-electron chi connectivity index (χ1n) is 8.51. The summed E-state index contributed by atoms with van der Waals surface area (Å²) in [6.07, 6.45) is 1.83. The number of pyridine rings is 1. The van der Waals surface area contributed by atoms with E-state index in [9.17, 15) is 0 Å². The zero-order chi connectivity index (χ0) is 17.9. The van der Waals surface area contributed by atoms with Gasteiger partial charge in [-0.2, -0.15) is 0 Å². The number of aliphatic imine (C=N–C) groups is 1. The van der Waals surface area contributed by atoms with E-state index < -0.39 is 0 Å². The Morgan fingerprint density at radius 1 is 1.16 bits per heavy atom. The van der Waals surface area contributed by atoms with Gasteiger partial charge in [0.15, 0.2) is 5.96 Å². The van der Waals surface area contributed by atoms with Crippen LogP contribution < -0.4 is 15.5 Å². The van der Waals surface area contributed by atoms with Crippen LogP contribution in [-0.4, -0.2) is 43.9 Å². The molecule has 134 valence electrons. The molecule has 2 aromatic rings. The van der Waals surface area contributed by atoms with E-state index in [0.29, 0.717) is 6.54 Å². The molecule has 0 aliphatic rings. The van der Waals surface area contributed by atoms with Crippen LogP contribution in [0.2, 0.25) is 0 Å². The number of anilines is 1. The number of aromatic nitrogens is 1. The Hall–Kier alpha value is -2.21. The maximum Gasteiger partial charge on any atom is 0.191 e. The zero-order valence-electron chi connectivity index (χ0n) is 15.2. The Kier molecular flexibility index (Phi) is 8.12. The van der Waals surface area contributed by atoms with Crippen LogP contribution in [-0.2, 0) is 6.54 Å². The third-order valence-electron chi connectivity index (χ3n) is 3.44. The van der Waals surface area contributed by atoms with Crippen molar-refractivity contribution in [2.75, 3.05) is 37.8 Å². The lowest BCUT2D eigenvalue weighted by atomic mass is 10.2. The predicted octanol–water partition coefficient (Wildman–Crippen LogP) is 3.00. The highest BCUT2D eigenvalue weighted by Crippen LogP contribution is 2.15. The van der Waals surface area contributed by atoms with E-state index in [0.717, 1.165) is 36.2 Å². The van der Waals surface area contributed by atoms with Crippen molar-refractivity contribution >= 4 is 23.5 Å². The Labute approximate surface area is 155 Å². The van der Waals surface area contributed by atoms with Gasteiger partial charge in [-0.3, -0.25) is 0 Å². The SMILES string of the molecule is CCNC(=NCc1ccnc(N(C)C)c1)NCCSc1ccccc1. The normalized spacial score (nSPS) is 11.2. The number of guanidine groups is 1. The van der Waals surface area contributed by atoms with Gasteiger partial charge in [0, 0.05) is 44.0 Å². The third-order valence-corrected chi connectivity index (χ3v) is 4.45. The molecule has 0 saturated carbocycles. The van der Waals surface area contributed by atoms with Gasteiger partial charge in [-0.15, -0.1) is 11.8 Å². The number of rotatable bonds is 8. The lowest BCUT2D eigenvalue weighted by molar-refractivity contribution is 0.842. The van der Waals surface area contributed by atoms with Crippen molar-refractivity contribution in [3.8, 4) is 0 Å². The first-order valence-corrected chi connectivity index (χ1v) is 9.50. The number of benzene rings is 1. The summed E-state index contributed by atoms with van der Waals surface area (Å²) in [4.78, 5) is 12.3. The van der Waals surface area contributed by atoms with Crippen LogP contribution in [0.3, 0.4) is 0 Å². The van der Waals surface area contributed by atoms with E-state index in [1.807, 2.05) is 49.1 Å². The summed E-state index contributed by atoms with van der Waals surface area (Å²) in [5, 5.41) is 6.68. The largest absolute Gasteiger partial charge is 0.363 e. The quantitative estimate of drug-likeness (QED) is 0.329. The third kappa shape index (κ3) is 7.05. The van der Waals surface area contributed by atoms with Gasteiger partial charge in [0.1, 0.15) is 5.82 Å². The van der Waals surface area contributed by atoms with Crippen molar-refractivity contribution in [2.24, 2.45) is 4.99 Å². The fourth-order valence-corrected chi connectivity index (χ4v) is 2.96.